The Labute approximate surface area is 119 Å². The van der Waals surface area contributed by atoms with Gasteiger partial charge in [-0.05, 0) is 52.4 Å². The molecule has 2 aliphatic heterocycles. The lowest BCUT2D eigenvalue weighted by Gasteiger charge is -2.31. The Hall–Kier alpha value is 1.74. The van der Waals surface area contributed by atoms with Gasteiger partial charge in [0.1, 0.15) is 0 Å². The van der Waals surface area contributed by atoms with E-state index in [-0.39, 0.29) is 0 Å². The van der Waals surface area contributed by atoms with Crippen LogP contribution in [0.25, 0.3) is 0 Å². The minimum absolute atomic E-state index is 0.394. The number of hydrogen-bond acceptors (Lipinski definition) is 4. The number of thioether (sulfide) groups is 3. The molecule has 0 amide bonds. The number of hydrogen-bond donors (Lipinski definition) is 0. The van der Waals surface area contributed by atoms with Crippen molar-refractivity contribution in [2.75, 3.05) is 23.9 Å². The number of halogens is 1. The van der Waals surface area contributed by atoms with Crippen molar-refractivity contribution >= 4 is 57.9 Å². The van der Waals surface area contributed by atoms with Crippen LogP contribution in [-0.2, 0) is 4.74 Å². The van der Waals surface area contributed by atoms with Gasteiger partial charge in [0.05, 0.1) is 11.2 Å². The van der Waals surface area contributed by atoms with Gasteiger partial charge < -0.3 is 4.74 Å². The van der Waals surface area contributed by atoms with Crippen LogP contribution in [0.4, 0.5) is 0 Å². The van der Waals surface area contributed by atoms with E-state index in [0.29, 0.717) is 3.44 Å². The monoisotopic (exact) mass is 376 g/mol. The highest BCUT2D eigenvalue weighted by Gasteiger charge is 2.26. The molecule has 0 aromatic heterocycles. The van der Waals surface area contributed by atoms with Crippen molar-refractivity contribution in [3.63, 3.8) is 0 Å². The van der Waals surface area contributed by atoms with E-state index < -0.39 is 0 Å². The first kappa shape index (κ1) is 13.2. The predicted molar refractivity (Wildman–Crippen MR) is 82.2 cm³/mol. The Balaban J connectivity index is 1.68. The largest absolute Gasteiger partial charge is 0.357 e. The van der Waals surface area contributed by atoms with Gasteiger partial charge in [0.15, 0.2) is 3.44 Å². The molecule has 2 saturated heterocycles. The zero-order chi connectivity index (χ0) is 10.7. The molecule has 1 nitrogen and oxygen atoms in total. The Morgan fingerprint density at radius 1 is 1.20 bits per heavy atom. The van der Waals surface area contributed by atoms with Crippen LogP contribution in [0.1, 0.15) is 13.3 Å². The van der Waals surface area contributed by atoms with Crippen molar-refractivity contribution in [3.8, 4) is 0 Å². The van der Waals surface area contributed by atoms with Gasteiger partial charge in [-0.15, -0.1) is 35.3 Å². The van der Waals surface area contributed by atoms with E-state index in [1.807, 2.05) is 11.8 Å². The van der Waals surface area contributed by atoms with E-state index in [2.05, 4.69) is 53.0 Å². The summed E-state index contributed by atoms with van der Waals surface area (Å²) in [5, 5.41) is 0. The van der Waals surface area contributed by atoms with Crippen molar-refractivity contribution in [1.82, 2.24) is 0 Å². The van der Waals surface area contributed by atoms with Crippen molar-refractivity contribution in [2.45, 2.75) is 21.4 Å². The van der Waals surface area contributed by atoms with Gasteiger partial charge in [0.25, 0.3) is 0 Å². The molecule has 2 atom stereocenters. The van der Waals surface area contributed by atoms with Crippen LogP contribution >= 0.6 is 57.9 Å². The summed E-state index contributed by atoms with van der Waals surface area (Å²) in [6.45, 7) is 3.34. The lowest BCUT2D eigenvalue weighted by molar-refractivity contribution is 0.126. The second-order valence-electron chi connectivity index (χ2n) is 4.24. The average molecular weight is 376 g/mol. The normalized spacial score (nSPS) is 42.8. The van der Waals surface area contributed by atoms with Crippen LogP contribution in [0.5, 0.6) is 0 Å². The Morgan fingerprint density at radius 2 is 1.93 bits per heavy atom. The fourth-order valence-corrected chi connectivity index (χ4v) is 6.51. The number of alkyl halides is 1. The molecule has 15 heavy (non-hydrogen) atoms. The molecule has 0 spiro atoms. The van der Waals surface area contributed by atoms with Gasteiger partial charge in [0, 0.05) is 5.75 Å². The lowest BCUT2D eigenvalue weighted by Crippen LogP contribution is -2.26. The molecular weight excluding hydrogens is 359 g/mol. The molecule has 88 valence electrons. The van der Waals surface area contributed by atoms with Gasteiger partial charge in [-0.2, -0.15) is 0 Å². The Bertz CT molecular complexity index is 169. The van der Waals surface area contributed by atoms with Gasteiger partial charge in [0.2, 0.25) is 0 Å². The Morgan fingerprint density at radius 3 is 2.53 bits per heavy atom. The number of rotatable bonds is 2. The molecule has 0 N–H and O–H groups in total. The van der Waals surface area contributed by atoms with Crippen LogP contribution in [0, 0.1) is 11.8 Å². The molecule has 0 bridgehead atoms. The fraction of sp³-hybridized carbons (Fsp3) is 1.00. The van der Waals surface area contributed by atoms with Crippen molar-refractivity contribution in [1.29, 1.82) is 0 Å². The topological polar surface area (TPSA) is 9.23 Å². The summed E-state index contributed by atoms with van der Waals surface area (Å²) in [4.78, 5) is 0. The molecule has 2 fully saturated rings. The predicted octanol–water partition coefficient (Wildman–Crippen LogP) is 3.92. The summed E-state index contributed by atoms with van der Waals surface area (Å²) in [5.41, 5.74) is 0. The first-order chi connectivity index (χ1) is 7.24. The van der Waals surface area contributed by atoms with E-state index in [0.717, 1.165) is 23.0 Å². The van der Waals surface area contributed by atoms with Gasteiger partial charge >= 0.3 is 0 Å². The maximum absolute atomic E-state index is 5.68. The third-order valence-corrected chi connectivity index (χ3v) is 8.55. The van der Waals surface area contributed by atoms with E-state index in [1.54, 1.807) is 0 Å². The fourth-order valence-electron chi connectivity index (χ4n) is 1.70. The van der Waals surface area contributed by atoms with Crippen molar-refractivity contribution < 1.29 is 4.74 Å². The Kier molecular flexibility index (Phi) is 5.81. The van der Waals surface area contributed by atoms with Crippen LogP contribution in [-0.4, -0.2) is 31.9 Å². The summed E-state index contributed by atoms with van der Waals surface area (Å²) in [6, 6.07) is 0. The molecular formula is C10H17IOS3. The molecule has 0 aromatic carbocycles. The molecule has 0 radical (unpaired) electrons. The maximum Gasteiger partial charge on any atom is 0.154 e. The first-order valence-corrected chi connectivity index (χ1v) is 9.73. The summed E-state index contributed by atoms with van der Waals surface area (Å²) >= 11 is 8.66. The number of ether oxygens (including phenoxy) is 1. The van der Waals surface area contributed by atoms with Gasteiger partial charge in [-0.25, -0.2) is 0 Å². The minimum Gasteiger partial charge on any atom is -0.357 e. The maximum atomic E-state index is 5.68. The molecule has 2 heterocycles. The summed E-state index contributed by atoms with van der Waals surface area (Å²) < 4.78 is 6.91. The highest BCUT2D eigenvalue weighted by molar-refractivity contribution is 14.1. The van der Waals surface area contributed by atoms with Crippen LogP contribution in [0.2, 0.25) is 0 Å². The summed E-state index contributed by atoms with van der Waals surface area (Å²) in [5.74, 6) is 5.70. The lowest BCUT2D eigenvalue weighted by atomic mass is 10.1. The second kappa shape index (κ2) is 6.61. The zero-order valence-corrected chi connectivity index (χ0v) is 13.5. The van der Waals surface area contributed by atoms with E-state index in [4.69, 9.17) is 4.74 Å². The smallest absolute Gasteiger partial charge is 0.154 e. The molecule has 2 aliphatic rings. The minimum atomic E-state index is 0.394. The van der Waals surface area contributed by atoms with E-state index >= 15 is 0 Å². The van der Waals surface area contributed by atoms with E-state index in [9.17, 15) is 0 Å². The summed E-state index contributed by atoms with van der Waals surface area (Å²) in [7, 11) is 0. The molecule has 2 unspecified atom stereocenters. The molecule has 0 aliphatic carbocycles. The zero-order valence-electron chi connectivity index (χ0n) is 8.86. The third kappa shape index (κ3) is 4.48. The quantitative estimate of drug-likeness (QED) is 0.533. The SMILES string of the molecule is CC1CSC(CC2COC(I)SC2)SC1. The molecule has 0 saturated carbocycles. The van der Waals surface area contributed by atoms with Crippen LogP contribution in [0.15, 0.2) is 0 Å². The van der Waals surface area contributed by atoms with Crippen LogP contribution < -0.4 is 0 Å². The third-order valence-electron chi connectivity index (χ3n) is 2.58. The second-order valence-corrected chi connectivity index (χ2v) is 10.1. The molecule has 0 aromatic rings. The molecule has 2 rings (SSSR count). The van der Waals surface area contributed by atoms with Gasteiger partial charge in [-0.1, -0.05) is 6.92 Å². The highest BCUT2D eigenvalue weighted by Crippen LogP contribution is 2.39. The highest BCUT2D eigenvalue weighted by atomic mass is 127. The first-order valence-electron chi connectivity index (χ1n) is 5.34. The van der Waals surface area contributed by atoms with Crippen LogP contribution in [0.3, 0.4) is 0 Å². The van der Waals surface area contributed by atoms with Crippen molar-refractivity contribution in [2.24, 2.45) is 11.8 Å². The average Bonchev–Trinajstić information content (AvgIpc) is 2.25. The van der Waals surface area contributed by atoms with E-state index in [1.165, 1.54) is 23.7 Å². The standard InChI is InChI=1S/C10H17IOS3/c1-7-4-13-9(14-5-7)2-8-3-12-10(11)15-6-8/h7-10H,2-6H2,1H3. The molecule has 5 heteroatoms. The van der Waals surface area contributed by atoms with Gasteiger partial charge in [-0.3, -0.25) is 0 Å². The summed E-state index contributed by atoms with van der Waals surface area (Å²) in [6.07, 6.45) is 1.35. The van der Waals surface area contributed by atoms with Crippen molar-refractivity contribution in [3.05, 3.63) is 0 Å².